The molecular weight excluding hydrogens is 245 g/mol. The van der Waals surface area contributed by atoms with Crippen molar-refractivity contribution in [3.05, 3.63) is 60.2 Å². The number of carbonyl (C=O) groups is 1. The van der Waals surface area contributed by atoms with Gasteiger partial charge in [0.25, 0.3) is 0 Å². The number of carbonyl (C=O) groups excluding carboxylic acids is 1. The zero-order valence-corrected chi connectivity index (χ0v) is 10.3. The van der Waals surface area contributed by atoms with E-state index in [4.69, 9.17) is 0 Å². The van der Waals surface area contributed by atoms with E-state index in [1.165, 1.54) is 12.1 Å². The van der Waals surface area contributed by atoms with Crippen molar-refractivity contribution in [1.29, 1.82) is 0 Å². The molecule has 19 heavy (non-hydrogen) atoms. The number of anilines is 1. The molecule has 2 aromatic rings. The second kappa shape index (κ2) is 6.49. The summed E-state index contributed by atoms with van der Waals surface area (Å²) in [6, 6.07) is 9.52. The van der Waals surface area contributed by atoms with Crippen molar-refractivity contribution in [2.24, 2.45) is 0 Å². The third-order valence-electron chi connectivity index (χ3n) is 2.51. The van der Waals surface area contributed by atoms with Crippen molar-refractivity contribution in [3.8, 4) is 0 Å². The smallest absolute Gasteiger partial charge is 0.319 e. The maximum atomic E-state index is 12.9. The fourth-order valence-corrected chi connectivity index (χ4v) is 1.62. The van der Waals surface area contributed by atoms with Gasteiger partial charge in [-0.1, -0.05) is 12.1 Å². The van der Waals surface area contributed by atoms with Crippen molar-refractivity contribution >= 4 is 11.7 Å². The Morgan fingerprint density at radius 1 is 1.26 bits per heavy atom. The molecule has 0 aliphatic rings. The summed E-state index contributed by atoms with van der Waals surface area (Å²) < 4.78 is 12.9. The van der Waals surface area contributed by atoms with E-state index in [9.17, 15) is 9.18 Å². The number of aromatic nitrogens is 1. The number of hydrogen-bond donors (Lipinski definition) is 2. The fraction of sp³-hybridized carbons (Fsp3) is 0.143. The van der Waals surface area contributed by atoms with Crippen LogP contribution in [0.15, 0.2) is 48.8 Å². The van der Waals surface area contributed by atoms with Crippen molar-refractivity contribution in [2.45, 2.75) is 6.42 Å². The van der Waals surface area contributed by atoms with Gasteiger partial charge in [-0.15, -0.1) is 0 Å². The summed E-state index contributed by atoms with van der Waals surface area (Å²) in [5.41, 5.74) is 1.48. The Morgan fingerprint density at radius 3 is 2.89 bits per heavy atom. The number of hydrogen-bond acceptors (Lipinski definition) is 2. The number of benzene rings is 1. The Bertz CT molecular complexity index is 545. The van der Waals surface area contributed by atoms with E-state index >= 15 is 0 Å². The lowest BCUT2D eigenvalue weighted by Crippen LogP contribution is -2.30. The lowest BCUT2D eigenvalue weighted by molar-refractivity contribution is 0.252. The number of nitrogens with zero attached hydrogens (tertiary/aromatic N) is 1. The van der Waals surface area contributed by atoms with Crippen LogP contribution in [-0.2, 0) is 6.42 Å². The number of rotatable bonds is 4. The van der Waals surface area contributed by atoms with Gasteiger partial charge in [-0.3, -0.25) is 4.98 Å². The van der Waals surface area contributed by atoms with Crippen LogP contribution >= 0.6 is 0 Å². The summed E-state index contributed by atoms with van der Waals surface area (Å²) in [5, 5.41) is 5.35. The molecule has 1 heterocycles. The molecule has 1 aromatic carbocycles. The SMILES string of the molecule is O=C(NCCc1cccc(F)c1)Nc1cccnc1. The summed E-state index contributed by atoms with van der Waals surface area (Å²) in [5.74, 6) is -0.266. The molecule has 5 heteroatoms. The van der Waals surface area contributed by atoms with E-state index in [2.05, 4.69) is 15.6 Å². The molecule has 0 unspecified atom stereocenters. The molecule has 98 valence electrons. The third-order valence-corrected chi connectivity index (χ3v) is 2.51. The Labute approximate surface area is 110 Å². The first kappa shape index (κ1) is 13.0. The van der Waals surface area contributed by atoms with Gasteiger partial charge in [0.2, 0.25) is 0 Å². The van der Waals surface area contributed by atoms with E-state index in [1.54, 1.807) is 30.6 Å². The van der Waals surface area contributed by atoms with E-state index < -0.39 is 0 Å². The summed E-state index contributed by atoms with van der Waals surface area (Å²) in [7, 11) is 0. The van der Waals surface area contributed by atoms with Gasteiger partial charge in [-0.05, 0) is 36.2 Å². The van der Waals surface area contributed by atoms with Gasteiger partial charge in [0.15, 0.2) is 0 Å². The molecule has 0 bridgehead atoms. The van der Waals surface area contributed by atoms with E-state index in [1.807, 2.05) is 6.07 Å². The first-order chi connectivity index (χ1) is 9.24. The lowest BCUT2D eigenvalue weighted by atomic mass is 10.1. The highest BCUT2D eigenvalue weighted by atomic mass is 19.1. The molecule has 2 rings (SSSR count). The van der Waals surface area contributed by atoms with Gasteiger partial charge in [-0.2, -0.15) is 0 Å². The molecule has 2 N–H and O–H groups in total. The first-order valence-corrected chi connectivity index (χ1v) is 5.93. The normalized spacial score (nSPS) is 9.95. The second-order valence-corrected chi connectivity index (χ2v) is 4.00. The summed E-state index contributed by atoms with van der Waals surface area (Å²) in [6.07, 6.45) is 3.78. The highest BCUT2D eigenvalue weighted by molar-refractivity contribution is 5.88. The van der Waals surface area contributed by atoms with Crippen LogP contribution in [0.1, 0.15) is 5.56 Å². The van der Waals surface area contributed by atoms with Crippen molar-refractivity contribution < 1.29 is 9.18 Å². The quantitative estimate of drug-likeness (QED) is 0.886. The average Bonchev–Trinajstić information content (AvgIpc) is 2.40. The Balaban J connectivity index is 1.75. The number of pyridine rings is 1. The largest absolute Gasteiger partial charge is 0.338 e. The van der Waals surface area contributed by atoms with Crippen molar-refractivity contribution in [2.75, 3.05) is 11.9 Å². The highest BCUT2D eigenvalue weighted by Crippen LogP contribution is 2.04. The monoisotopic (exact) mass is 259 g/mol. The zero-order chi connectivity index (χ0) is 13.5. The molecule has 0 aliphatic carbocycles. The fourth-order valence-electron chi connectivity index (χ4n) is 1.62. The molecule has 0 saturated carbocycles. The standard InChI is InChI=1S/C14H14FN3O/c15-12-4-1-3-11(9-12)6-8-17-14(19)18-13-5-2-7-16-10-13/h1-5,7,9-10H,6,8H2,(H2,17,18,19). The van der Waals surface area contributed by atoms with Gasteiger partial charge < -0.3 is 10.6 Å². The minimum absolute atomic E-state index is 0.266. The van der Waals surface area contributed by atoms with Crippen LogP contribution in [0.5, 0.6) is 0 Å². The van der Waals surface area contributed by atoms with E-state index in [0.717, 1.165) is 5.56 Å². The predicted octanol–water partition coefficient (Wildman–Crippen LogP) is 2.58. The summed E-state index contributed by atoms with van der Waals surface area (Å²) >= 11 is 0. The van der Waals surface area contributed by atoms with Crippen LogP contribution in [0.2, 0.25) is 0 Å². The molecule has 0 radical (unpaired) electrons. The van der Waals surface area contributed by atoms with Crippen LogP contribution in [0, 0.1) is 5.82 Å². The molecule has 0 saturated heterocycles. The predicted molar refractivity (Wildman–Crippen MR) is 71.4 cm³/mol. The summed E-state index contributed by atoms with van der Waals surface area (Å²) in [6.45, 7) is 0.440. The summed E-state index contributed by atoms with van der Waals surface area (Å²) in [4.78, 5) is 15.4. The van der Waals surface area contributed by atoms with Crippen LogP contribution < -0.4 is 10.6 Å². The van der Waals surface area contributed by atoms with Crippen LogP contribution in [0.25, 0.3) is 0 Å². The topological polar surface area (TPSA) is 54.0 Å². The minimum atomic E-state index is -0.301. The second-order valence-electron chi connectivity index (χ2n) is 4.00. The van der Waals surface area contributed by atoms with Crippen LogP contribution in [-0.4, -0.2) is 17.6 Å². The van der Waals surface area contributed by atoms with E-state index in [-0.39, 0.29) is 11.8 Å². The highest BCUT2D eigenvalue weighted by Gasteiger charge is 2.01. The lowest BCUT2D eigenvalue weighted by Gasteiger charge is -2.07. The number of halogens is 1. The molecule has 0 spiro atoms. The molecule has 0 fully saturated rings. The average molecular weight is 259 g/mol. The molecule has 0 aliphatic heterocycles. The van der Waals surface area contributed by atoms with Crippen molar-refractivity contribution in [1.82, 2.24) is 10.3 Å². The van der Waals surface area contributed by atoms with E-state index in [0.29, 0.717) is 18.7 Å². The Kier molecular flexibility index (Phi) is 4.44. The Hall–Kier alpha value is -2.43. The van der Waals surface area contributed by atoms with Gasteiger partial charge in [0.05, 0.1) is 11.9 Å². The van der Waals surface area contributed by atoms with Gasteiger partial charge in [0, 0.05) is 12.7 Å². The molecule has 4 nitrogen and oxygen atoms in total. The number of amides is 2. The molecule has 1 aromatic heterocycles. The third kappa shape index (κ3) is 4.39. The molecule has 0 atom stereocenters. The molecule has 2 amide bonds. The van der Waals surface area contributed by atoms with Crippen LogP contribution in [0.3, 0.4) is 0 Å². The Morgan fingerprint density at radius 2 is 2.16 bits per heavy atom. The molecular formula is C14H14FN3O. The number of nitrogens with one attached hydrogen (secondary N) is 2. The first-order valence-electron chi connectivity index (χ1n) is 5.93. The van der Waals surface area contributed by atoms with Gasteiger partial charge in [0.1, 0.15) is 5.82 Å². The zero-order valence-electron chi connectivity index (χ0n) is 10.3. The van der Waals surface area contributed by atoms with Crippen LogP contribution in [0.4, 0.5) is 14.9 Å². The number of urea groups is 1. The van der Waals surface area contributed by atoms with Gasteiger partial charge >= 0.3 is 6.03 Å². The maximum Gasteiger partial charge on any atom is 0.319 e. The maximum absolute atomic E-state index is 12.9. The minimum Gasteiger partial charge on any atom is -0.338 e. The van der Waals surface area contributed by atoms with Crippen molar-refractivity contribution in [3.63, 3.8) is 0 Å². The van der Waals surface area contributed by atoms with Gasteiger partial charge in [-0.25, -0.2) is 9.18 Å².